The van der Waals surface area contributed by atoms with E-state index in [-0.39, 0.29) is 5.91 Å². The molecule has 0 spiro atoms. The summed E-state index contributed by atoms with van der Waals surface area (Å²) in [7, 11) is 0. The van der Waals surface area contributed by atoms with E-state index in [2.05, 4.69) is 12.2 Å². The Labute approximate surface area is 160 Å². The first kappa shape index (κ1) is 19.3. The van der Waals surface area contributed by atoms with Crippen LogP contribution in [0.1, 0.15) is 55.7 Å². The number of rotatable bonds is 5. The van der Waals surface area contributed by atoms with E-state index >= 15 is 0 Å². The minimum atomic E-state index is -0.833. The lowest BCUT2D eigenvalue weighted by molar-refractivity contribution is -0.129. The third-order valence-electron chi connectivity index (χ3n) is 5.05. The molecule has 1 aromatic carbocycles. The van der Waals surface area contributed by atoms with Crippen LogP contribution in [0.15, 0.2) is 24.3 Å². The van der Waals surface area contributed by atoms with Gasteiger partial charge >= 0.3 is 5.97 Å². The van der Waals surface area contributed by atoms with E-state index in [1.165, 1.54) is 0 Å². The first-order chi connectivity index (χ1) is 12.9. The third kappa shape index (κ3) is 4.29. The standard InChI is InChI=1S/C22H28N2O3/c1-13(2)12-23-21(25)15(4)27-22(26)20-16-7-5-6-8-18(16)24-19-10-9-14(3)11-17(19)20/h5-8,13-15H,9-12H2,1-4H3,(H,23,25)/t14-,15-/m1/s1. The molecule has 0 unspecified atom stereocenters. The predicted molar refractivity (Wildman–Crippen MR) is 106 cm³/mol. The largest absolute Gasteiger partial charge is 0.449 e. The molecular weight excluding hydrogens is 340 g/mol. The van der Waals surface area contributed by atoms with Gasteiger partial charge in [-0.15, -0.1) is 0 Å². The molecule has 0 bridgehead atoms. The van der Waals surface area contributed by atoms with Crippen LogP contribution >= 0.6 is 0 Å². The van der Waals surface area contributed by atoms with Crippen LogP contribution in [0.4, 0.5) is 0 Å². The molecule has 0 radical (unpaired) electrons. The SMILES string of the molecule is CC(C)CNC(=O)[C@@H](C)OC(=O)c1c2c(nc3ccccc13)CC[C@@H](C)C2. The summed E-state index contributed by atoms with van der Waals surface area (Å²) in [4.78, 5) is 30.0. The molecule has 3 rings (SSSR count). The van der Waals surface area contributed by atoms with Gasteiger partial charge < -0.3 is 10.1 Å². The lowest BCUT2D eigenvalue weighted by Gasteiger charge is -2.24. The zero-order valence-electron chi connectivity index (χ0n) is 16.5. The summed E-state index contributed by atoms with van der Waals surface area (Å²) in [6.45, 7) is 8.41. The van der Waals surface area contributed by atoms with Crippen LogP contribution in [0.2, 0.25) is 0 Å². The second-order valence-corrected chi connectivity index (χ2v) is 7.96. The van der Waals surface area contributed by atoms with E-state index in [1.54, 1.807) is 6.92 Å². The fourth-order valence-electron chi connectivity index (χ4n) is 3.52. The van der Waals surface area contributed by atoms with Crippen LogP contribution in [0.5, 0.6) is 0 Å². The summed E-state index contributed by atoms with van der Waals surface area (Å²) >= 11 is 0. The second kappa shape index (κ2) is 8.07. The summed E-state index contributed by atoms with van der Waals surface area (Å²) in [5, 5.41) is 3.61. The normalized spacial score (nSPS) is 17.4. The minimum absolute atomic E-state index is 0.266. The Hall–Kier alpha value is -2.43. The summed E-state index contributed by atoms with van der Waals surface area (Å²) in [6, 6.07) is 7.65. The number of aryl methyl sites for hydroxylation is 1. The van der Waals surface area contributed by atoms with Crippen molar-refractivity contribution in [2.45, 2.75) is 53.1 Å². The van der Waals surface area contributed by atoms with Crippen molar-refractivity contribution in [1.82, 2.24) is 10.3 Å². The topological polar surface area (TPSA) is 68.3 Å². The van der Waals surface area contributed by atoms with Crippen LogP contribution in [-0.2, 0) is 22.4 Å². The number of amides is 1. The van der Waals surface area contributed by atoms with Crippen LogP contribution in [0.3, 0.4) is 0 Å². The lowest BCUT2D eigenvalue weighted by atomic mass is 9.84. The fourth-order valence-corrected chi connectivity index (χ4v) is 3.52. The molecule has 1 heterocycles. The van der Waals surface area contributed by atoms with Gasteiger partial charge in [-0.3, -0.25) is 9.78 Å². The molecule has 2 aromatic rings. The molecule has 1 aliphatic rings. The number of ether oxygens (including phenoxy) is 1. The molecule has 0 saturated carbocycles. The van der Waals surface area contributed by atoms with Crippen LogP contribution in [0, 0.1) is 11.8 Å². The van der Waals surface area contributed by atoms with Crippen molar-refractivity contribution < 1.29 is 14.3 Å². The van der Waals surface area contributed by atoms with Gasteiger partial charge in [0.1, 0.15) is 0 Å². The van der Waals surface area contributed by atoms with E-state index in [9.17, 15) is 9.59 Å². The maximum absolute atomic E-state index is 13.1. The molecule has 2 atom stereocenters. The molecular formula is C22H28N2O3. The molecule has 0 saturated heterocycles. The van der Waals surface area contributed by atoms with Crippen molar-refractivity contribution >= 4 is 22.8 Å². The summed E-state index contributed by atoms with van der Waals surface area (Å²) in [5.74, 6) is 0.136. The average molecular weight is 368 g/mol. The van der Waals surface area contributed by atoms with Crippen molar-refractivity contribution in [2.24, 2.45) is 11.8 Å². The quantitative estimate of drug-likeness (QED) is 0.818. The van der Waals surface area contributed by atoms with Crippen molar-refractivity contribution in [1.29, 1.82) is 0 Å². The van der Waals surface area contributed by atoms with Gasteiger partial charge in [-0.05, 0) is 49.7 Å². The monoisotopic (exact) mass is 368 g/mol. The van der Waals surface area contributed by atoms with Crippen molar-refractivity contribution in [3.05, 3.63) is 41.1 Å². The molecule has 5 heteroatoms. The Morgan fingerprint density at radius 3 is 2.74 bits per heavy atom. The molecule has 1 aliphatic carbocycles. The molecule has 1 N–H and O–H groups in total. The van der Waals surface area contributed by atoms with E-state index in [0.717, 1.165) is 41.4 Å². The first-order valence-corrected chi connectivity index (χ1v) is 9.76. The third-order valence-corrected chi connectivity index (χ3v) is 5.05. The number of esters is 1. The highest BCUT2D eigenvalue weighted by Gasteiger charge is 2.28. The van der Waals surface area contributed by atoms with Gasteiger partial charge in [0.15, 0.2) is 6.10 Å². The van der Waals surface area contributed by atoms with E-state index in [0.29, 0.717) is 23.9 Å². The highest BCUT2D eigenvalue weighted by atomic mass is 16.5. The van der Waals surface area contributed by atoms with E-state index < -0.39 is 12.1 Å². The van der Waals surface area contributed by atoms with Gasteiger partial charge in [-0.2, -0.15) is 0 Å². The number of pyridine rings is 1. The van der Waals surface area contributed by atoms with Gasteiger partial charge in [0.05, 0.1) is 11.1 Å². The highest BCUT2D eigenvalue weighted by Crippen LogP contribution is 2.32. The van der Waals surface area contributed by atoms with Crippen molar-refractivity contribution in [3.8, 4) is 0 Å². The average Bonchev–Trinajstić information content (AvgIpc) is 2.63. The maximum Gasteiger partial charge on any atom is 0.339 e. The number of hydrogen-bond acceptors (Lipinski definition) is 4. The molecule has 0 aliphatic heterocycles. The number of nitrogens with zero attached hydrogens (tertiary/aromatic N) is 1. The van der Waals surface area contributed by atoms with E-state index in [4.69, 9.17) is 9.72 Å². The van der Waals surface area contributed by atoms with Crippen molar-refractivity contribution in [2.75, 3.05) is 6.54 Å². The smallest absolute Gasteiger partial charge is 0.339 e. The summed E-state index contributed by atoms with van der Waals surface area (Å²) in [6.07, 6.45) is 1.91. The van der Waals surface area contributed by atoms with Crippen LogP contribution < -0.4 is 5.32 Å². The van der Waals surface area contributed by atoms with Gasteiger partial charge in [0.25, 0.3) is 5.91 Å². The zero-order chi connectivity index (χ0) is 19.6. The predicted octanol–water partition coefficient (Wildman–Crippen LogP) is 3.68. The van der Waals surface area contributed by atoms with E-state index in [1.807, 2.05) is 38.1 Å². The molecule has 5 nitrogen and oxygen atoms in total. The molecule has 0 fully saturated rings. The number of carbonyl (C=O) groups is 2. The number of benzene rings is 1. The van der Waals surface area contributed by atoms with Gasteiger partial charge in [-0.1, -0.05) is 39.0 Å². The number of para-hydroxylation sites is 1. The van der Waals surface area contributed by atoms with Crippen LogP contribution in [-0.4, -0.2) is 29.5 Å². The van der Waals surface area contributed by atoms with Crippen molar-refractivity contribution in [3.63, 3.8) is 0 Å². The van der Waals surface area contributed by atoms with Gasteiger partial charge in [0, 0.05) is 17.6 Å². The Kier molecular flexibility index (Phi) is 5.78. The molecule has 1 amide bonds. The second-order valence-electron chi connectivity index (χ2n) is 7.96. The Morgan fingerprint density at radius 2 is 2.00 bits per heavy atom. The Bertz CT molecular complexity index is 860. The number of fused-ring (bicyclic) bond motifs is 2. The fraction of sp³-hybridized carbons (Fsp3) is 0.500. The molecule has 144 valence electrons. The van der Waals surface area contributed by atoms with Gasteiger partial charge in [0.2, 0.25) is 0 Å². The number of nitrogens with one attached hydrogen (secondary N) is 1. The zero-order valence-corrected chi connectivity index (χ0v) is 16.5. The number of hydrogen-bond donors (Lipinski definition) is 1. The highest BCUT2D eigenvalue weighted by molar-refractivity contribution is 6.05. The number of carbonyl (C=O) groups excluding carboxylic acids is 2. The Balaban J connectivity index is 1.91. The van der Waals surface area contributed by atoms with Gasteiger partial charge in [-0.25, -0.2) is 4.79 Å². The molecule has 1 aromatic heterocycles. The Morgan fingerprint density at radius 1 is 1.26 bits per heavy atom. The lowest BCUT2D eigenvalue weighted by Crippen LogP contribution is -2.37. The minimum Gasteiger partial charge on any atom is -0.449 e. The van der Waals surface area contributed by atoms with Crippen LogP contribution in [0.25, 0.3) is 10.9 Å². The first-order valence-electron chi connectivity index (χ1n) is 9.76. The summed E-state index contributed by atoms with van der Waals surface area (Å²) in [5.41, 5.74) is 3.34. The number of aromatic nitrogens is 1. The maximum atomic E-state index is 13.1. The summed E-state index contributed by atoms with van der Waals surface area (Å²) < 4.78 is 5.56. The molecule has 27 heavy (non-hydrogen) atoms.